The molecule has 0 amide bonds. The molecule has 0 heterocycles. The van der Waals surface area contributed by atoms with Crippen LogP contribution in [0.2, 0.25) is 10.0 Å². The quantitative estimate of drug-likeness (QED) is 0.859. The van der Waals surface area contributed by atoms with E-state index < -0.39 is 0 Å². The second-order valence-electron chi connectivity index (χ2n) is 5.16. The zero-order valence-corrected chi connectivity index (χ0v) is 11.9. The first-order valence-corrected chi connectivity index (χ1v) is 7.00. The molecule has 1 nitrogen and oxygen atoms in total. The van der Waals surface area contributed by atoms with Gasteiger partial charge in [0.15, 0.2) is 0 Å². The molecule has 0 bridgehead atoms. The van der Waals surface area contributed by atoms with Crippen LogP contribution in [-0.4, -0.2) is 12.6 Å². The summed E-state index contributed by atoms with van der Waals surface area (Å²) in [5.41, 5.74) is 1.36. The Labute approximate surface area is 114 Å². The van der Waals surface area contributed by atoms with Crippen molar-refractivity contribution in [1.29, 1.82) is 0 Å². The molecule has 2 rings (SSSR count). The minimum absolute atomic E-state index is 0.162. The average Bonchev–Trinajstić information content (AvgIpc) is 2.66. The molecule has 0 aliphatic heterocycles. The van der Waals surface area contributed by atoms with Gasteiger partial charge in [-0.2, -0.15) is 0 Å². The van der Waals surface area contributed by atoms with Crippen molar-refractivity contribution >= 4 is 23.2 Å². The monoisotopic (exact) mass is 271 g/mol. The summed E-state index contributed by atoms with van der Waals surface area (Å²) in [6, 6.07) is 6.57. The fourth-order valence-corrected chi connectivity index (χ4v) is 3.45. The molecule has 0 saturated heterocycles. The van der Waals surface area contributed by atoms with Crippen molar-refractivity contribution in [2.75, 3.05) is 6.54 Å². The summed E-state index contributed by atoms with van der Waals surface area (Å²) in [7, 11) is 0. The van der Waals surface area contributed by atoms with E-state index in [1.165, 1.54) is 18.4 Å². The fraction of sp³-hybridized carbons (Fsp3) is 0.571. The van der Waals surface area contributed by atoms with Crippen LogP contribution in [-0.2, 0) is 5.41 Å². The summed E-state index contributed by atoms with van der Waals surface area (Å²) in [6.07, 6.45) is 3.53. The molecular formula is C14H19Cl2N. The number of halogens is 2. The van der Waals surface area contributed by atoms with E-state index in [1.54, 1.807) is 0 Å². The molecule has 1 saturated carbocycles. The van der Waals surface area contributed by atoms with E-state index in [0.29, 0.717) is 11.1 Å². The maximum atomic E-state index is 6.34. The van der Waals surface area contributed by atoms with Gasteiger partial charge in [0.1, 0.15) is 0 Å². The average molecular weight is 272 g/mol. The highest BCUT2D eigenvalue weighted by molar-refractivity contribution is 6.42. The van der Waals surface area contributed by atoms with E-state index >= 15 is 0 Å². The van der Waals surface area contributed by atoms with E-state index in [-0.39, 0.29) is 5.41 Å². The molecule has 2 atom stereocenters. The lowest BCUT2D eigenvalue weighted by Gasteiger charge is -2.26. The van der Waals surface area contributed by atoms with Crippen molar-refractivity contribution in [2.45, 2.75) is 44.6 Å². The number of rotatable bonds is 3. The van der Waals surface area contributed by atoms with Crippen LogP contribution in [0.1, 0.15) is 38.7 Å². The summed E-state index contributed by atoms with van der Waals surface area (Å²) >= 11 is 12.4. The summed E-state index contributed by atoms with van der Waals surface area (Å²) in [6.45, 7) is 5.48. The molecule has 1 aliphatic carbocycles. The molecule has 17 heavy (non-hydrogen) atoms. The predicted octanol–water partition coefficient (Wildman–Crippen LogP) is 4.41. The number of hydrogen-bond acceptors (Lipinski definition) is 1. The second kappa shape index (κ2) is 5.17. The molecule has 0 spiro atoms. The summed E-state index contributed by atoms with van der Waals surface area (Å²) < 4.78 is 0. The Hall–Kier alpha value is -0.240. The van der Waals surface area contributed by atoms with Crippen molar-refractivity contribution in [3.8, 4) is 0 Å². The summed E-state index contributed by atoms with van der Waals surface area (Å²) in [5.74, 6) is 0. The van der Waals surface area contributed by atoms with Crippen LogP contribution in [0.25, 0.3) is 0 Å². The minimum Gasteiger partial charge on any atom is -0.314 e. The van der Waals surface area contributed by atoms with Crippen LogP contribution < -0.4 is 5.32 Å². The van der Waals surface area contributed by atoms with E-state index in [4.69, 9.17) is 23.2 Å². The van der Waals surface area contributed by atoms with Crippen molar-refractivity contribution < 1.29 is 0 Å². The third-order valence-corrected chi connectivity index (χ3v) is 4.66. The highest BCUT2D eigenvalue weighted by Gasteiger charge is 2.37. The van der Waals surface area contributed by atoms with Gasteiger partial charge in [0.2, 0.25) is 0 Å². The van der Waals surface area contributed by atoms with Gasteiger partial charge in [-0.15, -0.1) is 0 Å². The molecule has 0 aromatic heterocycles. The Balaban J connectivity index is 2.25. The molecule has 1 aliphatic rings. The smallest absolute Gasteiger partial charge is 0.0629 e. The molecule has 1 aromatic carbocycles. The molecule has 94 valence electrons. The van der Waals surface area contributed by atoms with Gasteiger partial charge < -0.3 is 5.32 Å². The van der Waals surface area contributed by atoms with Crippen LogP contribution in [0.15, 0.2) is 18.2 Å². The van der Waals surface area contributed by atoms with Gasteiger partial charge in [-0.25, -0.2) is 0 Å². The van der Waals surface area contributed by atoms with Gasteiger partial charge in [0.05, 0.1) is 10.0 Å². The van der Waals surface area contributed by atoms with E-state index in [1.807, 2.05) is 12.1 Å². The van der Waals surface area contributed by atoms with E-state index in [0.717, 1.165) is 18.0 Å². The SMILES string of the molecule is CCNC1CCC(C)(c2cccc(Cl)c2Cl)C1. The lowest BCUT2D eigenvalue weighted by atomic mass is 9.81. The van der Waals surface area contributed by atoms with Crippen LogP contribution >= 0.6 is 23.2 Å². The Morgan fingerprint density at radius 3 is 2.88 bits per heavy atom. The van der Waals surface area contributed by atoms with Crippen LogP contribution in [0.3, 0.4) is 0 Å². The van der Waals surface area contributed by atoms with Crippen LogP contribution in [0.5, 0.6) is 0 Å². The fourth-order valence-electron chi connectivity index (χ4n) is 2.92. The van der Waals surface area contributed by atoms with Crippen molar-refractivity contribution in [3.05, 3.63) is 33.8 Å². The summed E-state index contributed by atoms with van der Waals surface area (Å²) in [4.78, 5) is 0. The summed E-state index contributed by atoms with van der Waals surface area (Å²) in [5, 5.41) is 4.92. The highest BCUT2D eigenvalue weighted by Crippen LogP contribution is 2.44. The number of nitrogens with one attached hydrogen (secondary N) is 1. The van der Waals surface area contributed by atoms with Gasteiger partial charge >= 0.3 is 0 Å². The van der Waals surface area contributed by atoms with Gasteiger partial charge in [-0.3, -0.25) is 0 Å². The van der Waals surface area contributed by atoms with Crippen molar-refractivity contribution in [3.63, 3.8) is 0 Å². The van der Waals surface area contributed by atoms with E-state index in [9.17, 15) is 0 Å². The van der Waals surface area contributed by atoms with Gasteiger partial charge in [-0.05, 0) is 42.9 Å². The number of benzene rings is 1. The first-order chi connectivity index (χ1) is 8.07. The predicted molar refractivity (Wildman–Crippen MR) is 75.1 cm³/mol. The van der Waals surface area contributed by atoms with Gasteiger partial charge in [0.25, 0.3) is 0 Å². The third kappa shape index (κ3) is 2.62. The number of hydrogen-bond donors (Lipinski definition) is 1. The molecule has 2 unspecified atom stereocenters. The maximum Gasteiger partial charge on any atom is 0.0629 e. The Kier molecular flexibility index (Phi) is 4.02. The maximum absolute atomic E-state index is 6.34. The lowest BCUT2D eigenvalue weighted by Crippen LogP contribution is -2.28. The zero-order valence-electron chi connectivity index (χ0n) is 10.4. The third-order valence-electron chi connectivity index (χ3n) is 3.84. The Morgan fingerprint density at radius 2 is 2.18 bits per heavy atom. The highest BCUT2D eigenvalue weighted by atomic mass is 35.5. The molecule has 3 heteroatoms. The van der Waals surface area contributed by atoms with Crippen molar-refractivity contribution in [2.24, 2.45) is 0 Å². The lowest BCUT2D eigenvalue weighted by molar-refractivity contribution is 0.458. The first-order valence-electron chi connectivity index (χ1n) is 6.24. The second-order valence-corrected chi connectivity index (χ2v) is 5.94. The normalized spacial score (nSPS) is 28.6. The molecule has 1 aromatic rings. The topological polar surface area (TPSA) is 12.0 Å². The van der Waals surface area contributed by atoms with E-state index in [2.05, 4.69) is 25.2 Å². The molecule has 1 fully saturated rings. The minimum atomic E-state index is 0.162. The first kappa shape index (κ1) is 13.2. The molecular weight excluding hydrogens is 253 g/mol. The zero-order chi connectivity index (χ0) is 12.5. The Bertz CT molecular complexity index is 405. The Morgan fingerprint density at radius 1 is 1.41 bits per heavy atom. The van der Waals surface area contributed by atoms with Crippen LogP contribution in [0, 0.1) is 0 Å². The standard InChI is InChI=1S/C14H19Cl2N/c1-3-17-10-7-8-14(2,9-10)11-5-4-6-12(15)13(11)16/h4-6,10,17H,3,7-9H2,1-2H3. The van der Waals surface area contributed by atoms with Gasteiger partial charge in [0, 0.05) is 6.04 Å². The molecule has 0 radical (unpaired) electrons. The van der Waals surface area contributed by atoms with Crippen molar-refractivity contribution in [1.82, 2.24) is 5.32 Å². The molecule has 1 N–H and O–H groups in total. The van der Waals surface area contributed by atoms with Crippen LogP contribution in [0.4, 0.5) is 0 Å². The largest absolute Gasteiger partial charge is 0.314 e. The van der Waals surface area contributed by atoms with Gasteiger partial charge in [-0.1, -0.05) is 49.2 Å².